The third kappa shape index (κ3) is 3.15. The fourth-order valence-corrected chi connectivity index (χ4v) is 4.19. The largest absolute Gasteiger partial charge is 0.392 e. The van der Waals surface area contributed by atoms with Crippen molar-refractivity contribution in [1.82, 2.24) is 0 Å². The van der Waals surface area contributed by atoms with E-state index < -0.39 is 10.0 Å². The third-order valence-electron chi connectivity index (χ3n) is 3.93. The van der Waals surface area contributed by atoms with Crippen molar-refractivity contribution in [3.63, 3.8) is 0 Å². The molecule has 0 saturated carbocycles. The van der Waals surface area contributed by atoms with Gasteiger partial charge in [0.1, 0.15) is 0 Å². The summed E-state index contributed by atoms with van der Waals surface area (Å²) in [5.41, 5.74) is 4.53. The van der Waals surface area contributed by atoms with E-state index in [2.05, 4.69) is 4.72 Å². The van der Waals surface area contributed by atoms with Crippen LogP contribution < -0.4 is 4.72 Å². The fourth-order valence-electron chi connectivity index (χ4n) is 2.52. The maximum Gasteiger partial charge on any atom is 0.262 e. The van der Waals surface area contributed by atoms with Crippen molar-refractivity contribution in [2.24, 2.45) is 0 Å². The predicted molar refractivity (Wildman–Crippen MR) is 88.6 cm³/mol. The number of rotatable bonds is 4. The van der Waals surface area contributed by atoms with E-state index >= 15 is 0 Å². The minimum absolute atomic E-state index is 0.128. The van der Waals surface area contributed by atoms with Gasteiger partial charge in [-0.1, -0.05) is 18.2 Å². The minimum Gasteiger partial charge on any atom is -0.392 e. The van der Waals surface area contributed by atoms with Gasteiger partial charge in [-0.2, -0.15) is 0 Å². The Kier molecular flexibility index (Phi) is 4.58. The van der Waals surface area contributed by atoms with Gasteiger partial charge < -0.3 is 5.11 Å². The molecule has 0 heterocycles. The molecule has 0 radical (unpaired) electrons. The maximum absolute atomic E-state index is 12.8. The summed E-state index contributed by atoms with van der Waals surface area (Å²) in [4.78, 5) is 0.333. The zero-order valence-electron chi connectivity index (χ0n) is 13.3. The van der Waals surface area contributed by atoms with Crippen molar-refractivity contribution in [3.8, 4) is 0 Å². The lowest BCUT2D eigenvalue weighted by Gasteiger charge is -2.17. The van der Waals surface area contributed by atoms with Gasteiger partial charge in [0.15, 0.2) is 0 Å². The van der Waals surface area contributed by atoms with E-state index in [4.69, 9.17) is 5.11 Å². The molecule has 0 atom stereocenters. The van der Waals surface area contributed by atoms with Gasteiger partial charge in [0.2, 0.25) is 0 Å². The summed E-state index contributed by atoms with van der Waals surface area (Å²) in [6.45, 7) is 7.33. The predicted octanol–water partition coefficient (Wildman–Crippen LogP) is 3.21. The number of aryl methyl sites for hydroxylation is 2. The van der Waals surface area contributed by atoms with E-state index in [1.54, 1.807) is 24.3 Å². The molecule has 22 heavy (non-hydrogen) atoms. The van der Waals surface area contributed by atoms with Crippen LogP contribution in [-0.4, -0.2) is 13.5 Å². The summed E-state index contributed by atoms with van der Waals surface area (Å²) >= 11 is 0. The molecule has 2 aromatic rings. The van der Waals surface area contributed by atoms with Crippen LogP contribution in [0.25, 0.3) is 0 Å². The van der Waals surface area contributed by atoms with Crippen LogP contribution in [-0.2, 0) is 16.6 Å². The Morgan fingerprint density at radius 1 is 1.00 bits per heavy atom. The van der Waals surface area contributed by atoms with Gasteiger partial charge in [0.05, 0.1) is 11.5 Å². The summed E-state index contributed by atoms with van der Waals surface area (Å²) in [6.07, 6.45) is 0. The molecule has 0 aromatic heterocycles. The van der Waals surface area contributed by atoms with Crippen molar-refractivity contribution < 1.29 is 13.5 Å². The summed E-state index contributed by atoms with van der Waals surface area (Å²) in [6, 6.07) is 8.75. The second-order valence-corrected chi connectivity index (χ2v) is 7.17. The number of benzene rings is 2. The number of hydrogen-bond donors (Lipinski definition) is 2. The molecule has 2 rings (SSSR count). The molecular formula is C17H21NO3S. The van der Waals surface area contributed by atoms with Crippen LogP contribution in [0.1, 0.15) is 27.8 Å². The fraction of sp³-hybridized carbons (Fsp3) is 0.294. The molecule has 2 N–H and O–H groups in total. The van der Waals surface area contributed by atoms with Crippen LogP contribution in [0.15, 0.2) is 35.2 Å². The molecule has 4 nitrogen and oxygen atoms in total. The van der Waals surface area contributed by atoms with Crippen LogP contribution >= 0.6 is 0 Å². The Morgan fingerprint density at radius 3 is 2.14 bits per heavy atom. The first-order valence-electron chi connectivity index (χ1n) is 7.06. The number of anilines is 1. The van der Waals surface area contributed by atoms with Crippen LogP contribution in [0.3, 0.4) is 0 Å². The molecular weight excluding hydrogens is 298 g/mol. The molecule has 0 unspecified atom stereocenters. The van der Waals surface area contributed by atoms with E-state index in [1.165, 1.54) is 0 Å². The standard InChI is InChI=1S/C17H21NO3S/c1-11-8-12(2)14(4)17(13(11)3)22(20,21)18-16-7-5-6-15(9-16)10-19/h5-9,18-19H,10H2,1-4H3. The number of hydrogen-bond acceptors (Lipinski definition) is 3. The average Bonchev–Trinajstić information content (AvgIpc) is 2.45. The third-order valence-corrected chi connectivity index (χ3v) is 5.58. The molecule has 0 saturated heterocycles. The van der Waals surface area contributed by atoms with Crippen LogP contribution in [0.4, 0.5) is 5.69 Å². The van der Waals surface area contributed by atoms with Gasteiger partial charge >= 0.3 is 0 Å². The number of nitrogens with one attached hydrogen (secondary N) is 1. The van der Waals surface area contributed by atoms with E-state index in [9.17, 15) is 8.42 Å². The normalized spacial score (nSPS) is 11.5. The minimum atomic E-state index is -3.68. The van der Waals surface area contributed by atoms with Gasteiger partial charge in [0, 0.05) is 5.69 Å². The summed E-state index contributed by atoms with van der Waals surface area (Å²) in [5, 5.41) is 9.16. The van der Waals surface area contributed by atoms with Gasteiger partial charge in [0.25, 0.3) is 10.0 Å². The van der Waals surface area contributed by atoms with Crippen LogP contribution in [0.2, 0.25) is 0 Å². The zero-order chi connectivity index (χ0) is 16.5. The second kappa shape index (κ2) is 6.10. The lowest BCUT2D eigenvalue weighted by atomic mass is 10.0. The van der Waals surface area contributed by atoms with Crippen molar-refractivity contribution in [2.45, 2.75) is 39.2 Å². The number of aliphatic hydroxyl groups excluding tert-OH is 1. The van der Waals surface area contributed by atoms with E-state index in [0.717, 1.165) is 22.3 Å². The van der Waals surface area contributed by atoms with E-state index in [1.807, 2.05) is 33.8 Å². The zero-order valence-corrected chi connectivity index (χ0v) is 14.1. The Hall–Kier alpha value is -1.85. The smallest absolute Gasteiger partial charge is 0.262 e. The summed E-state index contributed by atoms with van der Waals surface area (Å²) < 4.78 is 28.2. The Balaban J connectivity index is 2.52. The SMILES string of the molecule is Cc1cc(C)c(C)c(S(=O)(=O)Nc2cccc(CO)c2)c1C. The van der Waals surface area contributed by atoms with Gasteiger partial charge in [-0.3, -0.25) is 4.72 Å². The molecule has 0 aliphatic heterocycles. The summed E-state index contributed by atoms with van der Waals surface area (Å²) in [7, 11) is -3.68. The summed E-state index contributed by atoms with van der Waals surface area (Å²) in [5.74, 6) is 0. The molecule has 0 spiro atoms. The highest BCUT2D eigenvalue weighted by molar-refractivity contribution is 7.92. The average molecular weight is 319 g/mol. The van der Waals surface area contributed by atoms with Crippen molar-refractivity contribution in [2.75, 3.05) is 4.72 Å². The first kappa shape index (κ1) is 16.5. The van der Waals surface area contributed by atoms with Crippen molar-refractivity contribution in [1.29, 1.82) is 0 Å². The molecule has 2 aromatic carbocycles. The maximum atomic E-state index is 12.8. The van der Waals surface area contributed by atoms with Gasteiger partial charge in [-0.15, -0.1) is 0 Å². The van der Waals surface area contributed by atoms with Crippen molar-refractivity contribution >= 4 is 15.7 Å². The number of aliphatic hydroxyl groups is 1. The lowest BCUT2D eigenvalue weighted by molar-refractivity contribution is 0.282. The van der Waals surface area contributed by atoms with Crippen LogP contribution in [0, 0.1) is 27.7 Å². The monoisotopic (exact) mass is 319 g/mol. The molecule has 0 amide bonds. The Labute approximate surface area is 131 Å². The quantitative estimate of drug-likeness (QED) is 0.909. The van der Waals surface area contributed by atoms with Crippen molar-refractivity contribution in [3.05, 3.63) is 58.1 Å². The molecule has 0 aliphatic rings. The highest BCUT2D eigenvalue weighted by Crippen LogP contribution is 2.28. The number of sulfonamides is 1. The first-order chi connectivity index (χ1) is 10.3. The highest BCUT2D eigenvalue weighted by Gasteiger charge is 2.22. The molecule has 0 aliphatic carbocycles. The Morgan fingerprint density at radius 2 is 1.59 bits per heavy atom. The topological polar surface area (TPSA) is 66.4 Å². The van der Waals surface area contributed by atoms with Gasteiger partial charge in [-0.25, -0.2) is 8.42 Å². The lowest BCUT2D eigenvalue weighted by Crippen LogP contribution is -2.17. The second-order valence-electron chi connectivity index (χ2n) is 5.55. The highest BCUT2D eigenvalue weighted by atomic mass is 32.2. The molecule has 0 bridgehead atoms. The van der Waals surface area contributed by atoms with E-state index in [0.29, 0.717) is 16.1 Å². The first-order valence-corrected chi connectivity index (χ1v) is 8.54. The molecule has 5 heteroatoms. The molecule has 0 fully saturated rings. The van der Waals surface area contributed by atoms with Gasteiger partial charge in [-0.05, 0) is 67.6 Å². The molecule has 118 valence electrons. The Bertz CT molecular complexity index is 785. The van der Waals surface area contributed by atoms with Crippen LogP contribution in [0.5, 0.6) is 0 Å². The van der Waals surface area contributed by atoms with E-state index in [-0.39, 0.29) is 6.61 Å².